The average molecular weight is 283 g/mol. The number of aromatic amines is 1. The van der Waals surface area contributed by atoms with Crippen LogP contribution in [0.4, 0.5) is 5.82 Å². The van der Waals surface area contributed by atoms with Crippen LogP contribution in [0.3, 0.4) is 0 Å². The van der Waals surface area contributed by atoms with Crippen molar-refractivity contribution in [1.29, 1.82) is 0 Å². The fraction of sp³-hybridized carbons (Fsp3) is 0.545. The van der Waals surface area contributed by atoms with Gasteiger partial charge in [-0.1, -0.05) is 11.8 Å². The summed E-state index contributed by atoms with van der Waals surface area (Å²) >= 11 is 1.33. The van der Waals surface area contributed by atoms with Gasteiger partial charge in [-0.25, -0.2) is 4.98 Å². The van der Waals surface area contributed by atoms with Gasteiger partial charge in [0.25, 0.3) is 5.56 Å². The van der Waals surface area contributed by atoms with Crippen molar-refractivity contribution in [3.8, 4) is 0 Å². The zero-order valence-corrected chi connectivity index (χ0v) is 11.3. The Labute approximate surface area is 115 Å². The molecule has 1 saturated heterocycles. The third-order valence-corrected chi connectivity index (χ3v) is 3.64. The quantitative estimate of drug-likeness (QED) is 0.497. The van der Waals surface area contributed by atoms with Crippen molar-refractivity contribution in [2.24, 2.45) is 0 Å². The number of hydrogen-bond donors (Lipinski definition) is 3. The maximum atomic E-state index is 11.9. The molecule has 0 aliphatic carbocycles. The van der Waals surface area contributed by atoms with Gasteiger partial charge in [-0.2, -0.15) is 0 Å². The molecule has 1 aromatic heterocycles. The fourth-order valence-electron chi connectivity index (χ4n) is 1.83. The van der Waals surface area contributed by atoms with Crippen LogP contribution in [0.15, 0.2) is 16.0 Å². The Balaban J connectivity index is 1.79. The Morgan fingerprint density at radius 2 is 2.21 bits per heavy atom. The van der Waals surface area contributed by atoms with Gasteiger partial charge in [0.2, 0.25) is 5.91 Å². The molecule has 0 atom stereocenters. The number of thioether (sulfide) groups is 1. The van der Waals surface area contributed by atoms with Gasteiger partial charge in [0, 0.05) is 44.4 Å². The summed E-state index contributed by atoms with van der Waals surface area (Å²) < 4.78 is 0. The number of rotatable bonds is 4. The van der Waals surface area contributed by atoms with E-state index in [9.17, 15) is 9.59 Å². The lowest BCUT2D eigenvalue weighted by Crippen LogP contribution is -2.46. The van der Waals surface area contributed by atoms with Crippen molar-refractivity contribution >= 4 is 23.5 Å². The van der Waals surface area contributed by atoms with Gasteiger partial charge in [0.05, 0.1) is 0 Å². The lowest BCUT2D eigenvalue weighted by molar-refractivity contribution is -0.131. The van der Waals surface area contributed by atoms with Crippen molar-refractivity contribution in [3.63, 3.8) is 0 Å². The molecule has 4 N–H and O–H groups in total. The maximum absolute atomic E-state index is 11.9. The fourth-order valence-corrected chi connectivity index (χ4v) is 2.64. The van der Waals surface area contributed by atoms with Gasteiger partial charge in [-0.05, 0) is 0 Å². The van der Waals surface area contributed by atoms with Crippen LogP contribution in [-0.4, -0.2) is 52.7 Å². The number of H-pyrrole nitrogens is 1. The highest BCUT2D eigenvalue weighted by atomic mass is 32.2. The molecule has 1 aromatic rings. The minimum atomic E-state index is -0.275. The summed E-state index contributed by atoms with van der Waals surface area (Å²) in [7, 11) is 0. The van der Waals surface area contributed by atoms with Crippen LogP contribution in [0.25, 0.3) is 0 Å². The van der Waals surface area contributed by atoms with Gasteiger partial charge >= 0.3 is 0 Å². The van der Waals surface area contributed by atoms with Crippen molar-refractivity contribution in [3.05, 3.63) is 16.4 Å². The SMILES string of the molecule is Nc1cc(=O)[nH]c(SCCC(=O)N2CCNCC2)n1. The number of nitrogens with one attached hydrogen (secondary N) is 2. The zero-order chi connectivity index (χ0) is 13.7. The summed E-state index contributed by atoms with van der Waals surface area (Å²) in [5.41, 5.74) is 5.21. The van der Waals surface area contributed by atoms with Crippen LogP contribution in [0.5, 0.6) is 0 Å². The Morgan fingerprint density at radius 3 is 2.89 bits per heavy atom. The van der Waals surface area contributed by atoms with Crippen LogP contribution in [-0.2, 0) is 4.79 Å². The molecule has 0 spiro atoms. The van der Waals surface area contributed by atoms with E-state index in [1.807, 2.05) is 4.90 Å². The van der Waals surface area contributed by atoms with Crippen LogP contribution in [0, 0.1) is 0 Å². The third kappa shape index (κ3) is 4.25. The second-order valence-corrected chi connectivity index (χ2v) is 5.29. The highest BCUT2D eigenvalue weighted by molar-refractivity contribution is 7.99. The molecule has 2 rings (SSSR count). The molecule has 0 aromatic carbocycles. The highest BCUT2D eigenvalue weighted by Gasteiger charge is 2.15. The Hall–Kier alpha value is -1.54. The predicted molar refractivity (Wildman–Crippen MR) is 74.1 cm³/mol. The van der Waals surface area contributed by atoms with Gasteiger partial charge < -0.3 is 20.9 Å². The number of piperazine rings is 1. The van der Waals surface area contributed by atoms with Gasteiger partial charge in [-0.15, -0.1) is 0 Å². The summed E-state index contributed by atoms with van der Waals surface area (Å²) in [5.74, 6) is 0.912. The molecule has 2 heterocycles. The van der Waals surface area contributed by atoms with E-state index in [4.69, 9.17) is 5.73 Å². The van der Waals surface area contributed by atoms with Crippen molar-refractivity contribution in [2.45, 2.75) is 11.6 Å². The first-order valence-corrected chi connectivity index (χ1v) is 7.12. The molecular formula is C11H17N5O2S. The molecule has 1 aliphatic rings. The lowest BCUT2D eigenvalue weighted by Gasteiger charge is -2.27. The van der Waals surface area contributed by atoms with Crippen molar-refractivity contribution < 1.29 is 4.79 Å². The number of carbonyl (C=O) groups excluding carboxylic acids is 1. The Kier molecular flexibility index (Phi) is 4.80. The molecule has 7 nitrogen and oxygen atoms in total. The number of amides is 1. The average Bonchev–Trinajstić information content (AvgIpc) is 2.38. The molecule has 0 unspecified atom stereocenters. The number of anilines is 1. The number of carbonyl (C=O) groups is 1. The summed E-state index contributed by atoms with van der Waals surface area (Å²) in [6.45, 7) is 3.22. The molecule has 0 saturated carbocycles. The standard InChI is InChI=1S/C11H17N5O2S/c12-8-7-9(17)15-11(14-8)19-6-1-10(18)16-4-2-13-3-5-16/h7,13H,1-6H2,(H3,12,14,15,17). The minimum absolute atomic E-state index is 0.139. The van der Waals surface area contributed by atoms with Gasteiger partial charge in [0.15, 0.2) is 5.16 Å². The van der Waals surface area contributed by atoms with E-state index in [1.165, 1.54) is 17.8 Å². The van der Waals surface area contributed by atoms with Crippen LogP contribution >= 0.6 is 11.8 Å². The first-order valence-electron chi connectivity index (χ1n) is 6.13. The van der Waals surface area contributed by atoms with E-state index >= 15 is 0 Å². The third-order valence-electron chi connectivity index (χ3n) is 2.76. The Bertz CT molecular complexity index is 498. The van der Waals surface area contributed by atoms with E-state index in [-0.39, 0.29) is 17.3 Å². The molecule has 8 heteroatoms. The number of hydrogen-bond acceptors (Lipinski definition) is 6. The number of nitrogens with two attached hydrogens (primary N) is 1. The summed E-state index contributed by atoms with van der Waals surface area (Å²) in [6, 6.07) is 1.23. The predicted octanol–water partition coefficient (Wildman–Crippen LogP) is -0.734. The van der Waals surface area contributed by atoms with E-state index in [0.29, 0.717) is 17.3 Å². The van der Waals surface area contributed by atoms with E-state index < -0.39 is 0 Å². The van der Waals surface area contributed by atoms with Gasteiger partial charge in [0.1, 0.15) is 5.82 Å². The Morgan fingerprint density at radius 1 is 1.47 bits per heavy atom. The smallest absolute Gasteiger partial charge is 0.253 e. The summed E-state index contributed by atoms with van der Waals surface area (Å²) in [5, 5.41) is 3.66. The maximum Gasteiger partial charge on any atom is 0.253 e. The van der Waals surface area contributed by atoms with Gasteiger partial charge in [-0.3, -0.25) is 9.59 Å². The number of nitrogens with zero attached hydrogens (tertiary/aromatic N) is 2. The largest absolute Gasteiger partial charge is 0.383 e. The van der Waals surface area contributed by atoms with Crippen LogP contribution < -0.4 is 16.6 Å². The normalized spacial score (nSPS) is 15.5. The zero-order valence-electron chi connectivity index (χ0n) is 10.5. The van der Waals surface area contributed by atoms with E-state index in [0.717, 1.165) is 26.2 Å². The molecule has 0 bridgehead atoms. The minimum Gasteiger partial charge on any atom is -0.383 e. The molecule has 19 heavy (non-hydrogen) atoms. The van der Waals surface area contributed by atoms with Crippen LogP contribution in [0.2, 0.25) is 0 Å². The monoisotopic (exact) mass is 283 g/mol. The van der Waals surface area contributed by atoms with Crippen LogP contribution in [0.1, 0.15) is 6.42 Å². The van der Waals surface area contributed by atoms with Crippen molar-refractivity contribution in [2.75, 3.05) is 37.7 Å². The summed E-state index contributed by atoms with van der Waals surface area (Å²) in [6.07, 6.45) is 0.434. The molecule has 1 fully saturated rings. The van der Waals surface area contributed by atoms with Crippen molar-refractivity contribution in [1.82, 2.24) is 20.2 Å². The topological polar surface area (TPSA) is 104 Å². The number of aromatic nitrogens is 2. The molecule has 0 radical (unpaired) electrons. The first kappa shape index (κ1) is 13.9. The number of nitrogen functional groups attached to an aromatic ring is 1. The van der Waals surface area contributed by atoms with E-state index in [2.05, 4.69) is 15.3 Å². The first-order chi connectivity index (χ1) is 9.15. The molecular weight excluding hydrogens is 266 g/mol. The summed E-state index contributed by atoms with van der Waals surface area (Å²) in [4.78, 5) is 31.5. The molecule has 1 aliphatic heterocycles. The molecule has 104 valence electrons. The highest BCUT2D eigenvalue weighted by Crippen LogP contribution is 2.13. The second-order valence-electron chi connectivity index (χ2n) is 4.20. The lowest BCUT2D eigenvalue weighted by atomic mass is 10.3. The van der Waals surface area contributed by atoms with E-state index in [1.54, 1.807) is 0 Å². The molecule has 1 amide bonds. The second kappa shape index (κ2) is 6.58.